The summed E-state index contributed by atoms with van der Waals surface area (Å²) in [4.78, 5) is 13.4. The molecule has 1 saturated heterocycles. The van der Waals surface area contributed by atoms with Crippen LogP contribution in [-0.2, 0) is 14.8 Å². The minimum absolute atomic E-state index is 0.0303. The Morgan fingerprint density at radius 1 is 1.14 bits per heavy atom. The van der Waals surface area contributed by atoms with Crippen LogP contribution >= 0.6 is 0 Å². The van der Waals surface area contributed by atoms with Crippen LogP contribution in [0, 0.1) is 0 Å². The molecule has 116 valence electrons. The van der Waals surface area contributed by atoms with Crippen LogP contribution in [-0.4, -0.2) is 56.3 Å². The van der Waals surface area contributed by atoms with Gasteiger partial charge in [-0.25, -0.2) is 8.42 Å². The maximum atomic E-state index is 12.5. The normalized spacial score (nSPS) is 17.3. The van der Waals surface area contributed by atoms with Gasteiger partial charge in [0.2, 0.25) is 15.9 Å². The van der Waals surface area contributed by atoms with Gasteiger partial charge in [0, 0.05) is 20.1 Å². The van der Waals surface area contributed by atoms with Gasteiger partial charge in [-0.15, -0.1) is 0 Å². The van der Waals surface area contributed by atoms with Crippen molar-refractivity contribution in [1.82, 2.24) is 9.21 Å². The molecule has 0 unspecified atom stereocenters. The summed E-state index contributed by atoms with van der Waals surface area (Å²) in [6.45, 7) is 4.42. The van der Waals surface area contributed by atoms with Gasteiger partial charge in [0.15, 0.2) is 0 Å². The molecule has 0 aliphatic carbocycles. The summed E-state index contributed by atoms with van der Waals surface area (Å²) >= 11 is 0. The van der Waals surface area contributed by atoms with Crippen molar-refractivity contribution in [1.29, 1.82) is 0 Å². The van der Waals surface area contributed by atoms with Gasteiger partial charge in [0.1, 0.15) is 5.75 Å². The third kappa shape index (κ3) is 3.54. The lowest BCUT2D eigenvalue weighted by molar-refractivity contribution is -0.132. The SMILES string of the molecule is CC(C)Oc1ccc(S(=O)(=O)N2CCN(C)C(=O)C2)cc1. The van der Waals surface area contributed by atoms with Gasteiger partial charge in [-0.1, -0.05) is 0 Å². The van der Waals surface area contributed by atoms with E-state index in [1.807, 2.05) is 13.8 Å². The molecule has 1 aliphatic rings. The minimum Gasteiger partial charge on any atom is -0.491 e. The van der Waals surface area contributed by atoms with Gasteiger partial charge >= 0.3 is 0 Å². The molecule has 1 heterocycles. The first-order chi connectivity index (χ1) is 9.80. The molecule has 6 nitrogen and oxygen atoms in total. The van der Waals surface area contributed by atoms with E-state index in [0.717, 1.165) is 0 Å². The number of hydrogen-bond donors (Lipinski definition) is 0. The Kier molecular flexibility index (Phi) is 4.53. The number of nitrogens with zero attached hydrogens (tertiary/aromatic N) is 2. The Morgan fingerprint density at radius 2 is 1.76 bits per heavy atom. The van der Waals surface area contributed by atoms with Crippen LogP contribution in [0.15, 0.2) is 29.2 Å². The van der Waals surface area contributed by atoms with Crippen LogP contribution in [0.2, 0.25) is 0 Å². The van der Waals surface area contributed by atoms with Crippen molar-refractivity contribution in [3.8, 4) is 5.75 Å². The molecular formula is C14H20N2O4S. The number of likely N-dealkylation sites (N-methyl/N-ethyl adjacent to an activating group) is 1. The molecule has 0 aromatic heterocycles. The van der Waals surface area contributed by atoms with Crippen molar-refractivity contribution in [2.75, 3.05) is 26.7 Å². The first-order valence-corrected chi connectivity index (χ1v) is 8.25. The standard InChI is InChI=1S/C14H20N2O4S/c1-11(2)20-12-4-6-13(7-5-12)21(18,19)16-9-8-15(3)14(17)10-16/h4-7,11H,8-10H2,1-3H3. The highest BCUT2D eigenvalue weighted by Crippen LogP contribution is 2.21. The fourth-order valence-electron chi connectivity index (χ4n) is 2.05. The van der Waals surface area contributed by atoms with E-state index >= 15 is 0 Å². The summed E-state index contributed by atoms with van der Waals surface area (Å²) in [5.74, 6) is 0.433. The van der Waals surface area contributed by atoms with E-state index in [2.05, 4.69) is 0 Å². The van der Waals surface area contributed by atoms with Crippen LogP contribution < -0.4 is 4.74 Å². The topological polar surface area (TPSA) is 66.9 Å². The zero-order valence-electron chi connectivity index (χ0n) is 12.4. The van der Waals surface area contributed by atoms with Crippen molar-refractivity contribution >= 4 is 15.9 Å². The second-order valence-electron chi connectivity index (χ2n) is 5.29. The van der Waals surface area contributed by atoms with E-state index in [9.17, 15) is 13.2 Å². The number of hydrogen-bond acceptors (Lipinski definition) is 4. The molecule has 1 aliphatic heterocycles. The maximum absolute atomic E-state index is 12.5. The summed E-state index contributed by atoms with van der Waals surface area (Å²) in [5, 5.41) is 0. The van der Waals surface area contributed by atoms with Gasteiger partial charge in [-0.05, 0) is 38.1 Å². The van der Waals surface area contributed by atoms with E-state index in [1.54, 1.807) is 19.2 Å². The number of piperazine rings is 1. The van der Waals surface area contributed by atoms with Crippen LogP contribution in [0.5, 0.6) is 5.75 Å². The largest absolute Gasteiger partial charge is 0.491 e. The van der Waals surface area contributed by atoms with Crippen molar-refractivity contribution in [3.63, 3.8) is 0 Å². The molecule has 1 aromatic carbocycles. The van der Waals surface area contributed by atoms with Crippen LogP contribution in [0.4, 0.5) is 0 Å². The maximum Gasteiger partial charge on any atom is 0.243 e. The molecule has 1 fully saturated rings. The number of carbonyl (C=O) groups excluding carboxylic acids is 1. The average Bonchev–Trinajstić information content (AvgIpc) is 2.41. The van der Waals surface area contributed by atoms with Crippen molar-refractivity contribution < 1.29 is 17.9 Å². The van der Waals surface area contributed by atoms with Gasteiger partial charge < -0.3 is 9.64 Å². The predicted molar refractivity (Wildman–Crippen MR) is 78.6 cm³/mol. The summed E-state index contributed by atoms with van der Waals surface area (Å²) < 4.78 is 31.7. The smallest absolute Gasteiger partial charge is 0.243 e. The molecule has 2 rings (SSSR count). The first kappa shape index (κ1) is 15.8. The predicted octanol–water partition coefficient (Wildman–Crippen LogP) is 0.936. The third-order valence-corrected chi connectivity index (χ3v) is 5.11. The molecule has 0 bridgehead atoms. The molecule has 0 atom stereocenters. The van der Waals surface area contributed by atoms with Gasteiger partial charge in [-0.3, -0.25) is 4.79 Å². The number of benzene rings is 1. The Hall–Kier alpha value is -1.60. The Bertz CT molecular complexity index is 610. The Morgan fingerprint density at radius 3 is 2.29 bits per heavy atom. The van der Waals surface area contributed by atoms with E-state index < -0.39 is 10.0 Å². The zero-order valence-corrected chi connectivity index (χ0v) is 13.3. The summed E-state index contributed by atoms with van der Waals surface area (Å²) in [6, 6.07) is 6.28. The zero-order chi connectivity index (χ0) is 15.6. The van der Waals surface area contributed by atoms with E-state index in [1.165, 1.54) is 21.3 Å². The number of amides is 1. The van der Waals surface area contributed by atoms with E-state index in [4.69, 9.17) is 4.74 Å². The minimum atomic E-state index is -3.63. The summed E-state index contributed by atoms with van der Waals surface area (Å²) in [5.41, 5.74) is 0. The van der Waals surface area contributed by atoms with Crippen LogP contribution in [0.25, 0.3) is 0 Å². The fourth-order valence-corrected chi connectivity index (χ4v) is 3.43. The molecule has 7 heteroatoms. The highest BCUT2D eigenvalue weighted by Gasteiger charge is 2.31. The van der Waals surface area contributed by atoms with Crippen molar-refractivity contribution in [2.45, 2.75) is 24.8 Å². The fraction of sp³-hybridized carbons (Fsp3) is 0.500. The molecule has 1 aromatic rings. The number of carbonyl (C=O) groups is 1. The monoisotopic (exact) mass is 312 g/mol. The van der Waals surface area contributed by atoms with Crippen LogP contribution in [0.1, 0.15) is 13.8 Å². The molecule has 21 heavy (non-hydrogen) atoms. The quantitative estimate of drug-likeness (QED) is 0.830. The number of rotatable bonds is 4. The lowest BCUT2D eigenvalue weighted by Gasteiger charge is -2.31. The van der Waals surface area contributed by atoms with Crippen molar-refractivity contribution in [2.24, 2.45) is 0 Å². The highest BCUT2D eigenvalue weighted by molar-refractivity contribution is 7.89. The number of sulfonamides is 1. The Labute approximate surface area is 125 Å². The molecular weight excluding hydrogens is 292 g/mol. The molecule has 0 spiro atoms. The van der Waals surface area contributed by atoms with Crippen LogP contribution in [0.3, 0.4) is 0 Å². The van der Waals surface area contributed by atoms with Gasteiger partial charge in [0.05, 0.1) is 17.5 Å². The molecule has 0 radical (unpaired) electrons. The van der Waals surface area contributed by atoms with Crippen molar-refractivity contribution in [3.05, 3.63) is 24.3 Å². The van der Waals surface area contributed by atoms with E-state index in [0.29, 0.717) is 18.8 Å². The Balaban J connectivity index is 2.18. The summed E-state index contributed by atoms with van der Waals surface area (Å²) in [6.07, 6.45) is 0.0303. The first-order valence-electron chi connectivity index (χ1n) is 6.81. The average molecular weight is 312 g/mol. The number of ether oxygens (including phenoxy) is 1. The molecule has 1 amide bonds. The molecule has 0 saturated carbocycles. The highest BCUT2D eigenvalue weighted by atomic mass is 32.2. The van der Waals surface area contributed by atoms with E-state index in [-0.39, 0.29) is 23.5 Å². The third-order valence-electron chi connectivity index (χ3n) is 3.26. The van der Waals surface area contributed by atoms with Gasteiger partial charge in [0.25, 0.3) is 0 Å². The lowest BCUT2D eigenvalue weighted by Crippen LogP contribution is -2.50. The second kappa shape index (κ2) is 6.03. The molecule has 0 N–H and O–H groups in total. The second-order valence-corrected chi connectivity index (χ2v) is 7.23. The summed E-state index contributed by atoms with van der Waals surface area (Å²) in [7, 11) is -1.96. The lowest BCUT2D eigenvalue weighted by atomic mass is 10.3. The van der Waals surface area contributed by atoms with Gasteiger partial charge in [-0.2, -0.15) is 4.31 Å².